The predicted octanol–water partition coefficient (Wildman–Crippen LogP) is -0.197. The topological polar surface area (TPSA) is 128 Å². The van der Waals surface area contributed by atoms with Crippen LogP contribution < -0.4 is 16.8 Å². The molecule has 2 rings (SSSR count). The zero-order chi connectivity index (χ0) is 16.1. The number of hydrogen-bond donors (Lipinski definition) is 3. The van der Waals surface area contributed by atoms with E-state index in [1.165, 1.54) is 11.3 Å². The van der Waals surface area contributed by atoms with E-state index in [2.05, 4.69) is 10.3 Å². The minimum atomic E-state index is -1.55. The molecule has 0 unspecified atom stereocenters. The quantitative estimate of drug-likeness (QED) is 0.637. The highest BCUT2D eigenvalue weighted by Crippen LogP contribution is 2.14. The third kappa shape index (κ3) is 3.89. The van der Waals surface area contributed by atoms with E-state index in [9.17, 15) is 14.4 Å². The molecule has 0 radical (unpaired) electrons. The molecule has 1 heterocycles. The third-order valence-electron chi connectivity index (χ3n) is 2.83. The number of amides is 3. The second-order valence-electron chi connectivity index (χ2n) is 4.50. The van der Waals surface area contributed by atoms with Gasteiger partial charge in [-0.3, -0.25) is 14.4 Å². The van der Waals surface area contributed by atoms with E-state index in [0.29, 0.717) is 6.42 Å². The van der Waals surface area contributed by atoms with Crippen LogP contribution in [0.2, 0.25) is 0 Å². The van der Waals surface area contributed by atoms with Gasteiger partial charge >= 0.3 is 0 Å². The van der Waals surface area contributed by atoms with Crippen LogP contribution in [0.3, 0.4) is 0 Å². The average molecular weight is 318 g/mol. The Kier molecular flexibility index (Phi) is 4.84. The molecule has 1 aromatic heterocycles. The summed E-state index contributed by atoms with van der Waals surface area (Å²) < 4.78 is 0. The highest BCUT2D eigenvalue weighted by atomic mass is 32.1. The summed E-state index contributed by atoms with van der Waals surface area (Å²) in [6.07, 6.45) is 0.591. The first-order valence-electron chi connectivity index (χ1n) is 6.35. The van der Waals surface area contributed by atoms with Crippen LogP contribution in [0.1, 0.15) is 21.1 Å². The Morgan fingerprint density at radius 3 is 2.36 bits per heavy atom. The Balaban J connectivity index is 2.06. The standard InChI is InChI=1S/C14H14N4O3S/c15-12(19)11(13(16)20)18-14(21)9-7-22-10(17-9)6-8-4-2-1-3-5-8/h1-5,7,11H,6H2,(H2,15,19)(H2,16,20)(H,18,21). The first-order valence-corrected chi connectivity index (χ1v) is 7.23. The van der Waals surface area contributed by atoms with Crippen LogP contribution in [-0.2, 0) is 16.0 Å². The summed E-state index contributed by atoms with van der Waals surface area (Å²) in [6.45, 7) is 0. The van der Waals surface area contributed by atoms with Crippen molar-refractivity contribution in [3.63, 3.8) is 0 Å². The third-order valence-corrected chi connectivity index (χ3v) is 3.68. The monoisotopic (exact) mass is 318 g/mol. The van der Waals surface area contributed by atoms with E-state index in [-0.39, 0.29) is 5.69 Å². The van der Waals surface area contributed by atoms with Crippen molar-refractivity contribution in [2.75, 3.05) is 0 Å². The van der Waals surface area contributed by atoms with Crippen molar-refractivity contribution in [3.8, 4) is 0 Å². The van der Waals surface area contributed by atoms with E-state index >= 15 is 0 Å². The molecule has 0 fully saturated rings. The summed E-state index contributed by atoms with van der Waals surface area (Å²) in [5.41, 5.74) is 11.2. The molecule has 0 aliphatic carbocycles. The number of carbonyl (C=O) groups is 3. The van der Waals surface area contributed by atoms with Gasteiger partial charge in [-0.05, 0) is 5.56 Å². The van der Waals surface area contributed by atoms with Gasteiger partial charge in [-0.15, -0.1) is 11.3 Å². The average Bonchev–Trinajstić information content (AvgIpc) is 2.93. The number of nitrogens with one attached hydrogen (secondary N) is 1. The summed E-state index contributed by atoms with van der Waals surface area (Å²) in [7, 11) is 0. The molecular formula is C14H14N4O3S. The van der Waals surface area contributed by atoms with Gasteiger partial charge in [0.1, 0.15) is 5.69 Å². The summed E-state index contributed by atoms with van der Waals surface area (Å²) in [4.78, 5) is 38.2. The van der Waals surface area contributed by atoms with Gasteiger partial charge in [0, 0.05) is 11.8 Å². The van der Waals surface area contributed by atoms with Crippen molar-refractivity contribution >= 4 is 29.1 Å². The van der Waals surface area contributed by atoms with Crippen molar-refractivity contribution in [3.05, 3.63) is 52.0 Å². The smallest absolute Gasteiger partial charge is 0.271 e. The summed E-state index contributed by atoms with van der Waals surface area (Å²) in [6, 6.07) is 8.11. The fraction of sp³-hybridized carbons (Fsp3) is 0.143. The van der Waals surface area contributed by atoms with Crippen molar-refractivity contribution in [1.29, 1.82) is 0 Å². The lowest BCUT2D eigenvalue weighted by Gasteiger charge is -2.10. The maximum atomic E-state index is 11.9. The molecule has 1 aromatic carbocycles. The molecule has 22 heavy (non-hydrogen) atoms. The molecule has 3 amide bonds. The number of thiazole rings is 1. The van der Waals surface area contributed by atoms with Crippen LogP contribution in [0, 0.1) is 0 Å². The lowest BCUT2D eigenvalue weighted by Crippen LogP contribution is -2.52. The Hall–Kier alpha value is -2.74. The van der Waals surface area contributed by atoms with E-state index in [1.807, 2.05) is 30.3 Å². The second kappa shape index (κ2) is 6.81. The number of carbonyl (C=O) groups excluding carboxylic acids is 3. The highest BCUT2D eigenvalue weighted by molar-refractivity contribution is 7.09. The lowest BCUT2D eigenvalue weighted by atomic mass is 10.2. The minimum absolute atomic E-state index is 0.114. The Labute approximate surface area is 130 Å². The highest BCUT2D eigenvalue weighted by Gasteiger charge is 2.25. The van der Waals surface area contributed by atoms with Crippen LogP contribution >= 0.6 is 11.3 Å². The van der Waals surface area contributed by atoms with Gasteiger partial charge in [0.15, 0.2) is 6.04 Å². The van der Waals surface area contributed by atoms with Gasteiger partial charge in [-0.2, -0.15) is 0 Å². The van der Waals surface area contributed by atoms with Crippen LogP contribution in [0.25, 0.3) is 0 Å². The molecular weight excluding hydrogens is 304 g/mol. The minimum Gasteiger partial charge on any atom is -0.367 e. The molecule has 7 nitrogen and oxygen atoms in total. The first-order chi connectivity index (χ1) is 10.5. The number of rotatable bonds is 6. The number of primary amides is 2. The number of hydrogen-bond acceptors (Lipinski definition) is 5. The van der Waals surface area contributed by atoms with Crippen molar-refractivity contribution < 1.29 is 14.4 Å². The van der Waals surface area contributed by atoms with Crippen LogP contribution in [0.15, 0.2) is 35.7 Å². The van der Waals surface area contributed by atoms with Gasteiger partial charge in [-0.25, -0.2) is 4.98 Å². The zero-order valence-corrected chi connectivity index (χ0v) is 12.3. The van der Waals surface area contributed by atoms with Gasteiger partial charge in [0.2, 0.25) is 11.8 Å². The van der Waals surface area contributed by atoms with E-state index in [1.54, 1.807) is 5.38 Å². The largest absolute Gasteiger partial charge is 0.367 e. The summed E-state index contributed by atoms with van der Waals surface area (Å²) in [5.74, 6) is -2.70. The molecule has 114 valence electrons. The zero-order valence-electron chi connectivity index (χ0n) is 11.5. The Morgan fingerprint density at radius 1 is 1.14 bits per heavy atom. The van der Waals surface area contributed by atoms with Crippen molar-refractivity contribution in [2.45, 2.75) is 12.5 Å². The summed E-state index contributed by atoms with van der Waals surface area (Å²) >= 11 is 1.31. The molecule has 0 aliphatic heterocycles. The maximum absolute atomic E-state index is 11.9. The fourth-order valence-corrected chi connectivity index (χ4v) is 2.56. The Bertz CT molecular complexity index is 685. The van der Waals surface area contributed by atoms with Crippen LogP contribution in [-0.4, -0.2) is 28.7 Å². The molecule has 0 saturated heterocycles. The molecule has 5 N–H and O–H groups in total. The van der Waals surface area contributed by atoms with E-state index in [4.69, 9.17) is 11.5 Å². The van der Waals surface area contributed by atoms with Crippen LogP contribution in [0.5, 0.6) is 0 Å². The molecule has 0 atom stereocenters. The SMILES string of the molecule is NC(=O)C(NC(=O)c1csc(Cc2ccccc2)n1)C(N)=O. The number of aromatic nitrogens is 1. The van der Waals surface area contributed by atoms with Crippen molar-refractivity contribution in [1.82, 2.24) is 10.3 Å². The van der Waals surface area contributed by atoms with Crippen molar-refractivity contribution in [2.24, 2.45) is 11.5 Å². The van der Waals surface area contributed by atoms with Gasteiger partial charge in [-0.1, -0.05) is 30.3 Å². The molecule has 0 saturated carbocycles. The molecule has 8 heteroatoms. The number of nitrogens with two attached hydrogens (primary N) is 2. The molecule has 2 aromatic rings. The molecule has 0 aliphatic rings. The first kappa shape index (κ1) is 15.6. The van der Waals surface area contributed by atoms with Gasteiger partial charge in [0.05, 0.1) is 5.01 Å². The fourth-order valence-electron chi connectivity index (χ4n) is 1.75. The predicted molar refractivity (Wildman–Crippen MR) is 81.0 cm³/mol. The van der Waals surface area contributed by atoms with E-state index < -0.39 is 23.8 Å². The Morgan fingerprint density at radius 2 is 1.77 bits per heavy atom. The van der Waals surface area contributed by atoms with E-state index in [0.717, 1.165) is 10.6 Å². The number of benzene rings is 1. The lowest BCUT2D eigenvalue weighted by molar-refractivity contribution is -0.128. The molecule has 0 bridgehead atoms. The van der Waals surface area contributed by atoms with Gasteiger partial charge in [0.25, 0.3) is 5.91 Å². The normalized spacial score (nSPS) is 10.4. The number of nitrogens with zero attached hydrogens (tertiary/aromatic N) is 1. The van der Waals surface area contributed by atoms with Gasteiger partial charge < -0.3 is 16.8 Å². The maximum Gasteiger partial charge on any atom is 0.271 e. The molecule has 0 spiro atoms. The summed E-state index contributed by atoms with van der Waals surface area (Å²) in [5, 5.41) is 4.46. The second-order valence-corrected chi connectivity index (χ2v) is 5.44. The van der Waals surface area contributed by atoms with Crippen LogP contribution in [0.4, 0.5) is 0 Å².